The number of hydrogen-bond donors (Lipinski definition) is 2. The highest BCUT2D eigenvalue weighted by Gasteiger charge is 2.45. The molecule has 1 heterocycles. The molecule has 0 radical (unpaired) electrons. The number of likely N-dealkylation sites (tertiary alicyclic amines) is 1. The van der Waals surface area contributed by atoms with Gasteiger partial charge in [0, 0.05) is 18.7 Å². The second kappa shape index (κ2) is 9.54. The van der Waals surface area contributed by atoms with Gasteiger partial charge in [-0.1, -0.05) is 19.1 Å². The van der Waals surface area contributed by atoms with Crippen LogP contribution in [0.1, 0.15) is 36.9 Å². The lowest BCUT2D eigenvalue weighted by atomic mass is 9.95. The van der Waals surface area contributed by atoms with Crippen molar-refractivity contribution in [1.29, 1.82) is 0 Å². The quantitative estimate of drug-likeness (QED) is 0.393. The van der Waals surface area contributed by atoms with Crippen molar-refractivity contribution in [3.8, 4) is 5.75 Å². The summed E-state index contributed by atoms with van der Waals surface area (Å²) in [7, 11) is 0. The predicted molar refractivity (Wildman–Crippen MR) is 109 cm³/mol. The lowest BCUT2D eigenvalue weighted by molar-refractivity contribution is -0.140. The third-order valence-electron chi connectivity index (χ3n) is 4.88. The van der Waals surface area contributed by atoms with Crippen LogP contribution in [0.4, 0.5) is 4.39 Å². The minimum absolute atomic E-state index is 0.0632. The number of ketones is 1. The van der Waals surface area contributed by atoms with Crippen LogP contribution in [-0.4, -0.2) is 46.6 Å². The topological polar surface area (TPSA) is 87.1 Å². The number of aliphatic hydroxyl groups is 2. The van der Waals surface area contributed by atoms with E-state index in [0.29, 0.717) is 23.5 Å². The van der Waals surface area contributed by atoms with E-state index in [4.69, 9.17) is 9.84 Å². The van der Waals surface area contributed by atoms with Crippen LogP contribution in [0.3, 0.4) is 0 Å². The molecule has 0 bridgehead atoms. The Hall–Kier alpha value is -3.19. The van der Waals surface area contributed by atoms with Gasteiger partial charge in [0.05, 0.1) is 18.2 Å². The molecule has 3 rings (SSSR count). The second-order valence-corrected chi connectivity index (χ2v) is 6.99. The van der Waals surface area contributed by atoms with E-state index in [0.717, 1.165) is 6.42 Å². The molecular weight excluding hydrogens is 389 g/mol. The molecule has 0 spiro atoms. The maximum Gasteiger partial charge on any atom is 0.295 e. The summed E-state index contributed by atoms with van der Waals surface area (Å²) in [6.45, 7) is 2.53. The van der Waals surface area contributed by atoms with E-state index in [-0.39, 0.29) is 30.9 Å². The molecule has 1 saturated heterocycles. The molecular formula is C23H24FNO5. The van der Waals surface area contributed by atoms with Gasteiger partial charge < -0.3 is 19.8 Å². The molecule has 1 aliphatic heterocycles. The van der Waals surface area contributed by atoms with Crippen LogP contribution in [0, 0.1) is 5.82 Å². The maximum atomic E-state index is 13.4. The molecule has 0 aliphatic carbocycles. The number of aliphatic hydroxyl groups excluding tert-OH is 2. The number of halogens is 1. The third-order valence-corrected chi connectivity index (χ3v) is 4.88. The van der Waals surface area contributed by atoms with Gasteiger partial charge in [0.1, 0.15) is 17.3 Å². The summed E-state index contributed by atoms with van der Waals surface area (Å²) in [6, 6.07) is 11.2. The molecule has 2 aromatic carbocycles. The summed E-state index contributed by atoms with van der Waals surface area (Å²) in [5.74, 6) is -1.70. The molecule has 0 aromatic heterocycles. The van der Waals surface area contributed by atoms with Crippen LogP contribution in [0.25, 0.3) is 5.76 Å². The number of Topliss-reactive ketones (excluding diaryl/α,β-unsaturated/α-hetero) is 1. The van der Waals surface area contributed by atoms with Gasteiger partial charge in [0.25, 0.3) is 11.7 Å². The van der Waals surface area contributed by atoms with E-state index < -0.39 is 23.5 Å². The molecule has 158 valence electrons. The van der Waals surface area contributed by atoms with Crippen molar-refractivity contribution >= 4 is 17.4 Å². The van der Waals surface area contributed by atoms with Crippen molar-refractivity contribution in [2.75, 3.05) is 19.8 Å². The van der Waals surface area contributed by atoms with E-state index in [1.165, 1.54) is 29.2 Å². The van der Waals surface area contributed by atoms with Gasteiger partial charge in [0.2, 0.25) is 0 Å². The normalized spacial score (nSPS) is 18.1. The van der Waals surface area contributed by atoms with Crippen molar-refractivity contribution in [2.24, 2.45) is 0 Å². The first-order chi connectivity index (χ1) is 14.5. The molecule has 7 heteroatoms. The minimum atomic E-state index is -0.867. The number of nitrogens with zero attached hydrogens (tertiary/aromatic N) is 1. The number of ether oxygens (including phenoxy) is 1. The highest BCUT2D eigenvalue weighted by Crippen LogP contribution is 2.39. The van der Waals surface area contributed by atoms with E-state index in [2.05, 4.69) is 0 Å². The number of rotatable bonds is 8. The number of carbonyl (C=O) groups is 2. The summed E-state index contributed by atoms with van der Waals surface area (Å²) in [6.07, 6.45) is 1.13. The molecule has 1 aliphatic rings. The summed E-state index contributed by atoms with van der Waals surface area (Å²) in [4.78, 5) is 26.7. The van der Waals surface area contributed by atoms with Crippen LogP contribution < -0.4 is 4.74 Å². The van der Waals surface area contributed by atoms with E-state index in [1.54, 1.807) is 24.3 Å². The monoisotopic (exact) mass is 413 g/mol. The first kappa shape index (κ1) is 21.5. The van der Waals surface area contributed by atoms with Crippen LogP contribution >= 0.6 is 0 Å². The summed E-state index contributed by atoms with van der Waals surface area (Å²) in [5, 5.41) is 20.1. The average molecular weight is 413 g/mol. The Balaban J connectivity index is 2.04. The number of amides is 1. The highest BCUT2D eigenvalue weighted by atomic mass is 19.1. The lowest BCUT2D eigenvalue weighted by Gasteiger charge is -2.25. The Morgan fingerprint density at radius 2 is 1.77 bits per heavy atom. The van der Waals surface area contributed by atoms with Gasteiger partial charge in [-0.15, -0.1) is 0 Å². The van der Waals surface area contributed by atoms with Crippen molar-refractivity contribution in [2.45, 2.75) is 25.8 Å². The Labute approximate surface area is 174 Å². The fourth-order valence-electron chi connectivity index (χ4n) is 3.43. The van der Waals surface area contributed by atoms with Crippen molar-refractivity contribution in [1.82, 2.24) is 4.90 Å². The molecule has 2 aromatic rings. The first-order valence-corrected chi connectivity index (χ1v) is 9.86. The maximum absolute atomic E-state index is 13.4. The van der Waals surface area contributed by atoms with Crippen molar-refractivity contribution < 1.29 is 28.9 Å². The Morgan fingerprint density at radius 3 is 2.37 bits per heavy atom. The summed E-state index contributed by atoms with van der Waals surface area (Å²) < 4.78 is 19.0. The summed E-state index contributed by atoms with van der Waals surface area (Å²) >= 11 is 0. The van der Waals surface area contributed by atoms with Crippen molar-refractivity contribution in [3.05, 3.63) is 71.0 Å². The smallest absolute Gasteiger partial charge is 0.295 e. The fraction of sp³-hybridized carbons (Fsp3) is 0.304. The zero-order valence-electron chi connectivity index (χ0n) is 16.7. The minimum Gasteiger partial charge on any atom is -0.507 e. The first-order valence-electron chi connectivity index (χ1n) is 9.86. The highest BCUT2D eigenvalue weighted by molar-refractivity contribution is 6.46. The van der Waals surface area contributed by atoms with Gasteiger partial charge >= 0.3 is 0 Å². The standard InChI is InChI=1S/C23H24FNO5/c1-2-14-30-18-10-6-16(7-11-18)21(27)19-20(15-4-8-17(24)9-5-15)25(12-3-13-26)23(29)22(19)28/h4-11,20,26-27H,2-3,12-14H2,1H3. The largest absolute Gasteiger partial charge is 0.507 e. The fourth-order valence-corrected chi connectivity index (χ4v) is 3.43. The predicted octanol–water partition coefficient (Wildman–Crippen LogP) is 3.42. The average Bonchev–Trinajstić information content (AvgIpc) is 3.01. The molecule has 1 unspecified atom stereocenters. The van der Waals surface area contributed by atoms with Gasteiger partial charge in [-0.05, 0) is 54.8 Å². The van der Waals surface area contributed by atoms with Gasteiger partial charge in [-0.3, -0.25) is 9.59 Å². The zero-order valence-corrected chi connectivity index (χ0v) is 16.7. The molecule has 30 heavy (non-hydrogen) atoms. The van der Waals surface area contributed by atoms with Crippen LogP contribution in [0.5, 0.6) is 5.75 Å². The SMILES string of the molecule is CCCOc1ccc(C(O)=C2C(=O)C(=O)N(CCCO)C2c2ccc(F)cc2)cc1. The third kappa shape index (κ3) is 4.36. The Bertz CT molecular complexity index is 937. The van der Waals surface area contributed by atoms with E-state index in [1.807, 2.05) is 6.92 Å². The van der Waals surface area contributed by atoms with E-state index >= 15 is 0 Å². The van der Waals surface area contributed by atoms with Gasteiger partial charge in [-0.2, -0.15) is 0 Å². The van der Waals surface area contributed by atoms with Crippen molar-refractivity contribution in [3.63, 3.8) is 0 Å². The van der Waals surface area contributed by atoms with Crippen LogP contribution in [0.15, 0.2) is 54.1 Å². The molecule has 2 N–H and O–H groups in total. The molecule has 6 nitrogen and oxygen atoms in total. The number of carbonyl (C=O) groups excluding carboxylic acids is 2. The number of hydrogen-bond acceptors (Lipinski definition) is 5. The zero-order chi connectivity index (χ0) is 21.7. The van der Waals surface area contributed by atoms with Crippen LogP contribution in [0.2, 0.25) is 0 Å². The van der Waals surface area contributed by atoms with Gasteiger partial charge in [-0.25, -0.2) is 4.39 Å². The number of benzene rings is 2. The van der Waals surface area contributed by atoms with Gasteiger partial charge in [0.15, 0.2) is 0 Å². The van der Waals surface area contributed by atoms with E-state index in [9.17, 15) is 19.1 Å². The molecule has 1 amide bonds. The summed E-state index contributed by atoms with van der Waals surface area (Å²) in [5.41, 5.74) is 0.802. The lowest BCUT2D eigenvalue weighted by Crippen LogP contribution is -2.31. The Morgan fingerprint density at radius 1 is 1.10 bits per heavy atom. The second-order valence-electron chi connectivity index (χ2n) is 6.99. The molecule has 0 saturated carbocycles. The molecule has 1 atom stereocenters. The molecule has 1 fully saturated rings. The Kier molecular flexibility index (Phi) is 6.84. The van der Waals surface area contributed by atoms with Crippen LogP contribution in [-0.2, 0) is 9.59 Å².